The molecule has 0 saturated carbocycles. The number of carbonyl (C=O) groups excluding carboxylic acids is 1. The number of esters is 1. The van der Waals surface area contributed by atoms with Crippen molar-refractivity contribution in [2.75, 3.05) is 0 Å². The maximum Gasteiger partial charge on any atom is 0.331 e. The van der Waals surface area contributed by atoms with Gasteiger partial charge in [0.15, 0.2) is 0 Å². The van der Waals surface area contributed by atoms with Crippen molar-refractivity contribution in [1.29, 1.82) is 0 Å². The molecule has 0 amide bonds. The molecule has 3 aromatic rings. The van der Waals surface area contributed by atoms with Crippen LogP contribution in [-0.4, -0.2) is 11.1 Å². The molecule has 0 N–H and O–H groups in total. The Kier molecular flexibility index (Phi) is 4.56. The first-order valence-electron chi connectivity index (χ1n) is 7.23. The first kappa shape index (κ1) is 15.7. The lowest BCUT2D eigenvalue weighted by Crippen LogP contribution is -2.00. The molecule has 24 heavy (non-hydrogen) atoms. The van der Waals surface area contributed by atoms with Crippen molar-refractivity contribution in [2.45, 2.75) is 13.5 Å². The highest BCUT2D eigenvalue weighted by Gasteiger charge is 2.08. The normalized spacial score (nSPS) is 11.1. The number of nitrogens with zero attached hydrogens (tertiary/aromatic N) is 1. The third kappa shape index (κ3) is 3.78. The van der Waals surface area contributed by atoms with E-state index in [0.29, 0.717) is 28.5 Å². The maximum atomic E-state index is 13.7. The van der Waals surface area contributed by atoms with Crippen molar-refractivity contribution in [3.8, 4) is 11.3 Å². The van der Waals surface area contributed by atoms with Gasteiger partial charge in [0.2, 0.25) is 0 Å². The van der Waals surface area contributed by atoms with E-state index in [0.717, 1.165) is 0 Å². The number of halogens is 1. The van der Waals surface area contributed by atoms with Crippen LogP contribution in [0.1, 0.15) is 17.2 Å². The van der Waals surface area contributed by atoms with E-state index in [1.807, 2.05) is 0 Å². The van der Waals surface area contributed by atoms with Gasteiger partial charge in [-0.05, 0) is 37.3 Å². The molecular weight excluding hydrogens is 313 g/mol. The van der Waals surface area contributed by atoms with Gasteiger partial charge in [-0.3, -0.25) is 0 Å². The molecule has 122 valence electrons. The highest BCUT2D eigenvalue weighted by Crippen LogP contribution is 2.25. The van der Waals surface area contributed by atoms with Gasteiger partial charge in [0.25, 0.3) is 0 Å². The topological polar surface area (TPSA) is 65.5 Å². The minimum Gasteiger partial charge on any atom is -0.457 e. The van der Waals surface area contributed by atoms with Crippen LogP contribution in [0, 0.1) is 12.7 Å². The summed E-state index contributed by atoms with van der Waals surface area (Å²) in [6.45, 7) is 1.78. The Balaban J connectivity index is 1.60. The SMILES string of the molecule is Cc1cc(COC(=O)/C=C/c2ccc(-c3ccccc3F)o2)no1. The van der Waals surface area contributed by atoms with E-state index < -0.39 is 5.97 Å². The van der Waals surface area contributed by atoms with Crippen molar-refractivity contribution < 1.29 is 22.9 Å². The van der Waals surface area contributed by atoms with Crippen molar-refractivity contribution in [2.24, 2.45) is 0 Å². The molecule has 0 spiro atoms. The van der Waals surface area contributed by atoms with Crippen molar-refractivity contribution in [1.82, 2.24) is 5.16 Å². The van der Waals surface area contributed by atoms with Crippen LogP contribution >= 0.6 is 0 Å². The summed E-state index contributed by atoms with van der Waals surface area (Å²) >= 11 is 0. The second-order valence-corrected chi connectivity index (χ2v) is 5.05. The molecule has 3 rings (SSSR count). The van der Waals surface area contributed by atoms with Gasteiger partial charge >= 0.3 is 5.97 Å². The number of hydrogen-bond donors (Lipinski definition) is 0. The van der Waals surface area contributed by atoms with E-state index in [4.69, 9.17) is 13.7 Å². The summed E-state index contributed by atoms with van der Waals surface area (Å²) in [6.07, 6.45) is 2.69. The van der Waals surface area contributed by atoms with Crippen LogP contribution in [0.4, 0.5) is 4.39 Å². The minimum absolute atomic E-state index is 0.0269. The van der Waals surface area contributed by atoms with Gasteiger partial charge in [-0.15, -0.1) is 0 Å². The maximum absolute atomic E-state index is 13.7. The Labute approximate surface area is 137 Å². The molecule has 2 heterocycles. The number of rotatable bonds is 5. The largest absolute Gasteiger partial charge is 0.457 e. The smallest absolute Gasteiger partial charge is 0.331 e. The minimum atomic E-state index is -0.542. The van der Waals surface area contributed by atoms with Crippen LogP contribution in [0.25, 0.3) is 17.4 Å². The quantitative estimate of drug-likeness (QED) is 0.520. The predicted octanol–water partition coefficient (Wildman–Crippen LogP) is 4.14. The van der Waals surface area contributed by atoms with Gasteiger partial charge in [-0.2, -0.15) is 0 Å². The molecule has 0 radical (unpaired) electrons. The fraction of sp³-hybridized carbons (Fsp3) is 0.111. The first-order chi connectivity index (χ1) is 11.6. The van der Waals surface area contributed by atoms with E-state index in [9.17, 15) is 9.18 Å². The number of benzene rings is 1. The number of furan rings is 1. The van der Waals surface area contributed by atoms with E-state index >= 15 is 0 Å². The zero-order valence-electron chi connectivity index (χ0n) is 12.9. The van der Waals surface area contributed by atoms with Crippen LogP contribution in [0.15, 0.2) is 57.5 Å². The molecule has 0 aliphatic carbocycles. The molecule has 0 fully saturated rings. The lowest BCUT2D eigenvalue weighted by Gasteiger charge is -1.98. The number of aryl methyl sites for hydroxylation is 1. The Hall–Kier alpha value is -3.15. The van der Waals surface area contributed by atoms with Gasteiger partial charge in [0, 0.05) is 12.1 Å². The average Bonchev–Trinajstić information content (AvgIpc) is 3.20. The molecule has 1 aromatic carbocycles. The lowest BCUT2D eigenvalue weighted by atomic mass is 10.1. The van der Waals surface area contributed by atoms with Crippen LogP contribution in [-0.2, 0) is 16.1 Å². The molecule has 0 unspecified atom stereocenters. The molecule has 0 bridgehead atoms. The van der Waals surface area contributed by atoms with E-state index in [1.165, 1.54) is 18.2 Å². The summed E-state index contributed by atoms with van der Waals surface area (Å²) < 4.78 is 29.1. The second-order valence-electron chi connectivity index (χ2n) is 5.05. The third-order valence-electron chi connectivity index (χ3n) is 3.19. The van der Waals surface area contributed by atoms with Gasteiger partial charge in [0.05, 0.1) is 5.56 Å². The van der Waals surface area contributed by atoms with Gasteiger partial charge < -0.3 is 13.7 Å². The Morgan fingerprint density at radius 1 is 1.29 bits per heavy atom. The highest BCUT2D eigenvalue weighted by atomic mass is 19.1. The zero-order valence-corrected chi connectivity index (χ0v) is 12.9. The predicted molar refractivity (Wildman–Crippen MR) is 84.2 cm³/mol. The fourth-order valence-electron chi connectivity index (χ4n) is 2.08. The van der Waals surface area contributed by atoms with Gasteiger partial charge in [0.1, 0.15) is 35.4 Å². The van der Waals surface area contributed by atoms with Crippen LogP contribution in [0.2, 0.25) is 0 Å². The van der Waals surface area contributed by atoms with Crippen LogP contribution < -0.4 is 0 Å². The van der Waals surface area contributed by atoms with Crippen molar-refractivity contribution in [3.63, 3.8) is 0 Å². The molecule has 2 aromatic heterocycles. The number of hydrogen-bond acceptors (Lipinski definition) is 5. The monoisotopic (exact) mass is 327 g/mol. The highest BCUT2D eigenvalue weighted by molar-refractivity contribution is 5.86. The summed E-state index contributed by atoms with van der Waals surface area (Å²) in [5.41, 5.74) is 0.898. The molecule has 0 aliphatic rings. The Bertz CT molecular complexity index is 879. The van der Waals surface area contributed by atoms with Crippen LogP contribution in [0.3, 0.4) is 0 Å². The standard InChI is InChI=1S/C18H14FNO4/c1-12-10-13(20-24-12)11-22-18(21)9-7-14-6-8-17(23-14)15-4-2-3-5-16(15)19/h2-10H,11H2,1H3/b9-7+. The summed E-state index contributed by atoms with van der Waals surface area (Å²) in [4.78, 5) is 11.7. The van der Waals surface area contributed by atoms with E-state index in [1.54, 1.807) is 43.3 Å². The first-order valence-corrected chi connectivity index (χ1v) is 7.23. The molecule has 6 heteroatoms. The zero-order chi connectivity index (χ0) is 16.9. The summed E-state index contributed by atoms with van der Waals surface area (Å²) in [6, 6.07) is 11.3. The van der Waals surface area contributed by atoms with Crippen LogP contribution in [0.5, 0.6) is 0 Å². The molecule has 5 nitrogen and oxygen atoms in total. The average molecular weight is 327 g/mol. The molecule has 0 saturated heterocycles. The van der Waals surface area contributed by atoms with Gasteiger partial charge in [-0.1, -0.05) is 17.3 Å². The summed E-state index contributed by atoms with van der Waals surface area (Å²) in [5, 5.41) is 3.72. The third-order valence-corrected chi connectivity index (χ3v) is 3.19. The molecule has 0 atom stereocenters. The molecular formula is C18H14FNO4. The van der Waals surface area contributed by atoms with E-state index in [2.05, 4.69) is 5.16 Å². The number of carbonyl (C=O) groups is 1. The van der Waals surface area contributed by atoms with Crippen molar-refractivity contribution >= 4 is 12.0 Å². The lowest BCUT2D eigenvalue weighted by molar-refractivity contribution is -0.139. The molecule has 0 aliphatic heterocycles. The van der Waals surface area contributed by atoms with E-state index in [-0.39, 0.29) is 12.4 Å². The Morgan fingerprint density at radius 3 is 2.88 bits per heavy atom. The van der Waals surface area contributed by atoms with Gasteiger partial charge in [-0.25, -0.2) is 9.18 Å². The van der Waals surface area contributed by atoms with Crippen molar-refractivity contribution in [3.05, 3.63) is 71.6 Å². The summed E-state index contributed by atoms with van der Waals surface area (Å²) in [7, 11) is 0. The number of ether oxygens (including phenoxy) is 1. The Morgan fingerprint density at radius 2 is 2.12 bits per heavy atom. The number of aromatic nitrogens is 1. The fourth-order valence-corrected chi connectivity index (χ4v) is 2.08. The second kappa shape index (κ2) is 6.95. The summed E-state index contributed by atoms with van der Waals surface area (Å²) in [5.74, 6) is 0.540.